The van der Waals surface area contributed by atoms with Gasteiger partial charge >= 0.3 is 0 Å². The SMILES string of the molecule is O=C(/C=C/c1cc(Cl)c2c(c1)OCCO2)Nc1nccs1. The van der Waals surface area contributed by atoms with E-state index in [1.54, 1.807) is 29.8 Å². The van der Waals surface area contributed by atoms with E-state index in [9.17, 15) is 4.79 Å². The zero-order chi connectivity index (χ0) is 14.7. The summed E-state index contributed by atoms with van der Waals surface area (Å²) in [6, 6.07) is 3.51. The van der Waals surface area contributed by atoms with Crippen molar-refractivity contribution in [1.29, 1.82) is 0 Å². The van der Waals surface area contributed by atoms with Crippen molar-refractivity contribution in [2.75, 3.05) is 18.5 Å². The third-order valence-electron chi connectivity index (χ3n) is 2.71. The van der Waals surface area contributed by atoms with Crippen LogP contribution in [-0.4, -0.2) is 24.1 Å². The van der Waals surface area contributed by atoms with E-state index < -0.39 is 0 Å². The second kappa shape index (κ2) is 6.15. The Balaban J connectivity index is 1.73. The summed E-state index contributed by atoms with van der Waals surface area (Å²) in [5.41, 5.74) is 0.763. The number of carbonyl (C=O) groups is 1. The monoisotopic (exact) mass is 322 g/mol. The maximum absolute atomic E-state index is 11.7. The number of halogens is 1. The summed E-state index contributed by atoms with van der Waals surface area (Å²) in [5.74, 6) is 0.886. The van der Waals surface area contributed by atoms with Crippen molar-refractivity contribution in [2.45, 2.75) is 0 Å². The van der Waals surface area contributed by atoms with Crippen molar-refractivity contribution >= 4 is 40.1 Å². The van der Waals surface area contributed by atoms with Crippen LogP contribution in [0.2, 0.25) is 5.02 Å². The molecular formula is C14H11ClN2O3S. The van der Waals surface area contributed by atoms with Gasteiger partial charge in [0.1, 0.15) is 13.2 Å². The maximum Gasteiger partial charge on any atom is 0.250 e. The molecule has 1 N–H and O–H groups in total. The van der Waals surface area contributed by atoms with Crippen LogP contribution < -0.4 is 14.8 Å². The lowest BCUT2D eigenvalue weighted by atomic mass is 10.1. The first kappa shape index (κ1) is 13.9. The summed E-state index contributed by atoms with van der Waals surface area (Å²) >= 11 is 7.49. The average molecular weight is 323 g/mol. The largest absolute Gasteiger partial charge is 0.486 e. The van der Waals surface area contributed by atoms with Crippen molar-refractivity contribution in [1.82, 2.24) is 4.98 Å². The number of hydrogen-bond acceptors (Lipinski definition) is 5. The summed E-state index contributed by atoms with van der Waals surface area (Å²) in [7, 11) is 0. The topological polar surface area (TPSA) is 60.5 Å². The number of fused-ring (bicyclic) bond motifs is 1. The molecule has 0 saturated carbocycles. The summed E-state index contributed by atoms with van der Waals surface area (Å²) in [5, 5.41) is 5.48. The second-order valence-electron chi connectivity index (χ2n) is 4.19. The van der Waals surface area contributed by atoms with Crippen LogP contribution in [0.15, 0.2) is 29.8 Å². The van der Waals surface area contributed by atoms with Crippen LogP contribution in [0.25, 0.3) is 6.08 Å². The lowest BCUT2D eigenvalue weighted by Gasteiger charge is -2.19. The fourth-order valence-corrected chi connectivity index (χ4v) is 2.64. The van der Waals surface area contributed by atoms with E-state index >= 15 is 0 Å². The molecule has 1 aromatic heterocycles. The van der Waals surface area contributed by atoms with Crippen LogP contribution in [-0.2, 0) is 4.79 Å². The fourth-order valence-electron chi connectivity index (χ4n) is 1.83. The number of hydrogen-bond donors (Lipinski definition) is 1. The van der Waals surface area contributed by atoms with E-state index in [-0.39, 0.29) is 5.91 Å². The maximum atomic E-state index is 11.7. The average Bonchev–Trinajstić information content (AvgIpc) is 2.98. The number of nitrogens with zero attached hydrogens (tertiary/aromatic N) is 1. The molecule has 2 aromatic rings. The lowest BCUT2D eigenvalue weighted by Crippen LogP contribution is -2.15. The summed E-state index contributed by atoms with van der Waals surface area (Å²) < 4.78 is 10.9. The molecular weight excluding hydrogens is 312 g/mol. The number of rotatable bonds is 3. The van der Waals surface area contributed by atoms with Crippen molar-refractivity contribution in [3.8, 4) is 11.5 Å². The van der Waals surface area contributed by atoms with Gasteiger partial charge in [0.15, 0.2) is 16.6 Å². The Morgan fingerprint density at radius 1 is 1.38 bits per heavy atom. The summed E-state index contributed by atoms with van der Waals surface area (Å²) in [4.78, 5) is 15.7. The summed E-state index contributed by atoms with van der Waals surface area (Å²) in [6.45, 7) is 0.971. The Morgan fingerprint density at radius 2 is 2.24 bits per heavy atom. The first-order chi connectivity index (χ1) is 10.2. The number of nitrogens with one attached hydrogen (secondary N) is 1. The van der Waals surface area contributed by atoms with Crippen LogP contribution in [0, 0.1) is 0 Å². The van der Waals surface area contributed by atoms with Gasteiger partial charge in [0.05, 0.1) is 5.02 Å². The Bertz CT molecular complexity index is 686. The molecule has 108 valence electrons. The minimum atomic E-state index is -0.254. The van der Waals surface area contributed by atoms with Gasteiger partial charge in [-0.2, -0.15) is 0 Å². The molecule has 0 saturated heterocycles. The number of ether oxygens (including phenoxy) is 2. The van der Waals surface area contributed by atoms with E-state index in [0.717, 1.165) is 5.56 Å². The second-order valence-corrected chi connectivity index (χ2v) is 5.49. The summed E-state index contributed by atoms with van der Waals surface area (Å²) in [6.07, 6.45) is 4.71. The Labute approximate surface area is 130 Å². The third kappa shape index (κ3) is 3.34. The van der Waals surface area contributed by atoms with E-state index in [0.29, 0.717) is 34.9 Å². The first-order valence-corrected chi connectivity index (χ1v) is 7.46. The Hall–Kier alpha value is -2.05. The van der Waals surface area contributed by atoms with Gasteiger partial charge in [-0.05, 0) is 23.8 Å². The Kier molecular flexibility index (Phi) is 4.08. The van der Waals surface area contributed by atoms with Crippen molar-refractivity contribution in [3.05, 3.63) is 40.4 Å². The minimum absolute atomic E-state index is 0.254. The molecule has 5 nitrogen and oxygen atoms in total. The molecule has 1 aliphatic rings. The molecule has 21 heavy (non-hydrogen) atoms. The number of carbonyl (C=O) groups excluding carboxylic acids is 1. The standard InChI is InChI=1S/C14H11ClN2O3S/c15-10-7-9(8-11-13(10)20-5-4-19-11)1-2-12(18)17-14-16-3-6-21-14/h1-3,6-8H,4-5H2,(H,16,17,18)/b2-1+. The van der Waals surface area contributed by atoms with E-state index in [1.165, 1.54) is 17.4 Å². The van der Waals surface area contributed by atoms with Gasteiger partial charge in [-0.1, -0.05) is 11.6 Å². The molecule has 1 aliphatic heterocycles. The Morgan fingerprint density at radius 3 is 3.05 bits per heavy atom. The van der Waals surface area contributed by atoms with Crippen LogP contribution in [0.4, 0.5) is 5.13 Å². The van der Waals surface area contributed by atoms with Crippen molar-refractivity contribution < 1.29 is 14.3 Å². The molecule has 1 aromatic carbocycles. The van der Waals surface area contributed by atoms with E-state index in [1.807, 2.05) is 0 Å². The van der Waals surface area contributed by atoms with Gasteiger partial charge in [-0.25, -0.2) is 4.98 Å². The molecule has 3 rings (SSSR count). The van der Waals surface area contributed by atoms with Gasteiger partial charge in [-0.3, -0.25) is 10.1 Å². The molecule has 7 heteroatoms. The lowest BCUT2D eigenvalue weighted by molar-refractivity contribution is -0.111. The van der Waals surface area contributed by atoms with Crippen molar-refractivity contribution in [2.24, 2.45) is 0 Å². The highest BCUT2D eigenvalue weighted by molar-refractivity contribution is 7.13. The number of thiazole rings is 1. The zero-order valence-electron chi connectivity index (χ0n) is 10.8. The molecule has 0 unspecified atom stereocenters. The van der Waals surface area contributed by atoms with Gasteiger partial charge in [-0.15, -0.1) is 11.3 Å². The van der Waals surface area contributed by atoms with Gasteiger partial charge in [0, 0.05) is 17.7 Å². The molecule has 0 aliphatic carbocycles. The quantitative estimate of drug-likeness (QED) is 0.881. The van der Waals surface area contributed by atoms with E-state index in [2.05, 4.69) is 10.3 Å². The van der Waals surface area contributed by atoms with Crippen LogP contribution in [0.5, 0.6) is 11.5 Å². The van der Waals surface area contributed by atoms with Crippen LogP contribution in [0.1, 0.15) is 5.56 Å². The predicted molar refractivity (Wildman–Crippen MR) is 82.2 cm³/mol. The molecule has 0 radical (unpaired) electrons. The smallest absolute Gasteiger partial charge is 0.250 e. The van der Waals surface area contributed by atoms with Crippen molar-refractivity contribution in [3.63, 3.8) is 0 Å². The number of aromatic nitrogens is 1. The first-order valence-electron chi connectivity index (χ1n) is 6.20. The molecule has 0 spiro atoms. The van der Waals surface area contributed by atoms with Crippen LogP contribution >= 0.6 is 22.9 Å². The minimum Gasteiger partial charge on any atom is -0.486 e. The molecule has 0 atom stereocenters. The molecule has 2 heterocycles. The van der Waals surface area contributed by atoms with Gasteiger partial charge in [0.25, 0.3) is 0 Å². The fraction of sp³-hybridized carbons (Fsp3) is 0.143. The van der Waals surface area contributed by atoms with Crippen LogP contribution in [0.3, 0.4) is 0 Å². The zero-order valence-corrected chi connectivity index (χ0v) is 12.4. The van der Waals surface area contributed by atoms with E-state index in [4.69, 9.17) is 21.1 Å². The predicted octanol–water partition coefficient (Wildman–Crippen LogP) is 3.22. The normalized spacial score (nSPS) is 13.4. The molecule has 0 bridgehead atoms. The third-order valence-corrected chi connectivity index (χ3v) is 3.68. The number of amides is 1. The highest BCUT2D eigenvalue weighted by atomic mass is 35.5. The highest BCUT2D eigenvalue weighted by Gasteiger charge is 2.15. The molecule has 1 amide bonds. The van der Waals surface area contributed by atoms with Gasteiger partial charge in [0.2, 0.25) is 5.91 Å². The van der Waals surface area contributed by atoms with Gasteiger partial charge < -0.3 is 9.47 Å². The number of anilines is 1. The number of benzene rings is 1. The highest BCUT2D eigenvalue weighted by Crippen LogP contribution is 2.38. The molecule has 0 fully saturated rings.